The molecule has 8 nitrogen and oxygen atoms in total. The lowest BCUT2D eigenvalue weighted by Gasteiger charge is -2.22. The third kappa shape index (κ3) is 5.08. The van der Waals surface area contributed by atoms with Crippen LogP contribution in [-0.2, 0) is 0 Å². The zero-order chi connectivity index (χ0) is 19.5. The molecule has 3 heterocycles. The molecule has 2 aromatic heterocycles. The van der Waals surface area contributed by atoms with Crippen molar-refractivity contribution in [3.63, 3.8) is 0 Å². The van der Waals surface area contributed by atoms with Crippen LogP contribution in [0.5, 0.6) is 0 Å². The number of hydrogen-bond acceptors (Lipinski definition) is 6. The van der Waals surface area contributed by atoms with Crippen LogP contribution >= 0.6 is 24.8 Å². The second-order valence-electron chi connectivity index (χ2n) is 6.88. The molecule has 10 heteroatoms. The van der Waals surface area contributed by atoms with E-state index in [0.717, 1.165) is 31.6 Å². The standard InChI is InChI=1S/C20H21N5O3.2ClH/c1-13-8-17(14-4-3-7-21-10-14)28-20(27)18(13)19(26)24-15-5-2-6-16(9-15)25-12-22-11-23-25;;/h2,5-6,8-9,11-12,14,21H,3-4,7,10H2,1H3,(H,24,26);2*1H. The molecule has 0 bridgehead atoms. The maximum Gasteiger partial charge on any atom is 0.349 e. The summed E-state index contributed by atoms with van der Waals surface area (Å²) in [7, 11) is 0. The molecule has 1 aromatic carbocycles. The first-order valence-electron chi connectivity index (χ1n) is 9.23. The maximum absolute atomic E-state index is 12.7. The average Bonchev–Trinajstić information content (AvgIpc) is 3.23. The van der Waals surface area contributed by atoms with Crippen molar-refractivity contribution in [2.75, 3.05) is 18.4 Å². The molecule has 0 aliphatic carbocycles. The Morgan fingerprint density at radius 1 is 1.30 bits per heavy atom. The molecule has 1 aliphatic heterocycles. The summed E-state index contributed by atoms with van der Waals surface area (Å²) in [6, 6.07) is 8.95. The largest absolute Gasteiger partial charge is 0.427 e. The van der Waals surface area contributed by atoms with Crippen molar-refractivity contribution in [1.82, 2.24) is 20.1 Å². The van der Waals surface area contributed by atoms with Gasteiger partial charge in [-0.3, -0.25) is 4.79 Å². The molecule has 1 fully saturated rings. The number of nitrogens with one attached hydrogen (secondary N) is 2. The van der Waals surface area contributed by atoms with Crippen molar-refractivity contribution in [3.05, 3.63) is 70.3 Å². The Morgan fingerprint density at radius 2 is 2.13 bits per heavy atom. The van der Waals surface area contributed by atoms with Crippen LogP contribution in [0.4, 0.5) is 5.69 Å². The summed E-state index contributed by atoms with van der Waals surface area (Å²) in [5.41, 5.74) is 1.34. The smallest absolute Gasteiger partial charge is 0.349 e. The van der Waals surface area contributed by atoms with Crippen LogP contribution < -0.4 is 16.3 Å². The van der Waals surface area contributed by atoms with E-state index in [2.05, 4.69) is 20.7 Å². The van der Waals surface area contributed by atoms with E-state index in [-0.39, 0.29) is 36.3 Å². The number of anilines is 1. The lowest BCUT2D eigenvalue weighted by molar-refractivity contribution is 0.102. The molecule has 160 valence electrons. The monoisotopic (exact) mass is 451 g/mol. The highest BCUT2D eigenvalue weighted by molar-refractivity contribution is 6.05. The quantitative estimate of drug-likeness (QED) is 0.631. The van der Waals surface area contributed by atoms with Gasteiger partial charge >= 0.3 is 5.63 Å². The Morgan fingerprint density at radius 3 is 2.80 bits per heavy atom. The highest BCUT2D eigenvalue weighted by Gasteiger charge is 2.22. The second kappa shape index (κ2) is 10.4. The lowest BCUT2D eigenvalue weighted by Crippen LogP contribution is -2.30. The molecular weight excluding hydrogens is 429 g/mol. The number of benzene rings is 1. The molecule has 1 unspecified atom stereocenters. The minimum atomic E-state index is -0.606. The number of hydrogen-bond donors (Lipinski definition) is 2. The van der Waals surface area contributed by atoms with Crippen LogP contribution in [0.2, 0.25) is 0 Å². The molecule has 30 heavy (non-hydrogen) atoms. The Bertz CT molecular complexity index is 1050. The van der Waals surface area contributed by atoms with Crippen molar-refractivity contribution >= 4 is 36.4 Å². The first-order chi connectivity index (χ1) is 13.6. The number of halogens is 2. The van der Waals surface area contributed by atoms with Crippen molar-refractivity contribution in [3.8, 4) is 5.69 Å². The number of aromatic nitrogens is 3. The van der Waals surface area contributed by atoms with Gasteiger partial charge in [-0.2, -0.15) is 5.10 Å². The Kier molecular flexibility index (Phi) is 8.16. The summed E-state index contributed by atoms with van der Waals surface area (Å²) in [5, 5.41) is 10.1. The van der Waals surface area contributed by atoms with Crippen LogP contribution in [0.1, 0.15) is 40.4 Å². The highest BCUT2D eigenvalue weighted by Crippen LogP contribution is 2.24. The van der Waals surface area contributed by atoms with Crippen molar-refractivity contribution in [1.29, 1.82) is 0 Å². The first-order valence-corrected chi connectivity index (χ1v) is 9.23. The Hall–Kier alpha value is -2.68. The summed E-state index contributed by atoms with van der Waals surface area (Å²) < 4.78 is 7.08. The molecule has 0 saturated carbocycles. The van der Waals surface area contributed by atoms with Crippen LogP contribution in [0, 0.1) is 6.92 Å². The molecule has 0 spiro atoms. The summed E-state index contributed by atoms with van der Waals surface area (Å²) in [6.45, 7) is 3.52. The second-order valence-corrected chi connectivity index (χ2v) is 6.88. The number of rotatable bonds is 4. The average molecular weight is 452 g/mol. The summed E-state index contributed by atoms with van der Waals surface area (Å²) in [4.78, 5) is 29.2. The Balaban J connectivity index is 0.00000160. The van der Waals surface area contributed by atoms with Gasteiger partial charge in [0.15, 0.2) is 0 Å². The summed E-state index contributed by atoms with van der Waals surface area (Å²) in [5.74, 6) is 0.311. The van der Waals surface area contributed by atoms with E-state index in [1.165, 1.54) is 6.33 Å². The van der Waals surface area contributed by atoms with Gasteiger partial charge in [0.1, 0.15) is 24.0 Å². The SMILES string of the molecule is Cc1cc(C2CCCNC2)oc(=O)c1C(=O)Nc1cccc(-n2cncn2)c1.Cl.Cl. The minimum absolute atomic E-state index is 0. The van der Waals surface area contributed by atoms with Crippen LogP contribution in [0.3, 0.4) is 0 Å². The van der Waals surface area contributed by atoms with Gasteiger partial charge in [0.05, 0.1) is 5.69 Å². The van der Waals surface area contributed by atoms with Crippen molar-refractivity contribution in [2.24, 2.45) is 0 Å². The minimum Gasteiger partial charge on any atom is -0.427 e. The molecule has 4 rings (SSSR count). The number of carbonyl (C=O) groups is 1. The highest BCUT2D eigenvalue weighted by atomic mass is 35.5. The van der Waals surface area contributed by atoms with Gasteiger partial charge in [0.25, 0.3) is 5.91 Å². The number of piperidine rings is 1. The van der Waals surface area contributed by atoms with Crippen LogP contribution in [0.25, 0.3) is 5.69 Å². The van der Waals surface area contributed by atoms with Gasteiger partial charge < -0.3 is 15.1 Å². The molecule has 1 saturated heterocycles. The molecule has 1 atom stereocenters. The fourth-order valence-electron chi connectivity index (χ4n) is 3.46. The predicted molar refractivity (Wildman–Crippen MR) is 118 cm³/mol. The molecule has 1 amide bonds. The normalized spacial score (nSPS) is 15.6. The van der Waals surface area contributed by atoms with E-state index in [0.29, 0.717) is 17.0 Å². The van der Waals surface area contributed by atoms with Crippen LogP contribution in [0.15, 0.2) is 52.2 Å². The summed E-state index contributed by atoms with van der Waals surface area (Å²) in [6.07, 6.45) is 5.01. The number of aryl methyl sites for hydroxylation is 1. The van der Waals surface area contributed by atoms with E-state index in [4.69, 9.17) is 4.42 Å². The third-order valence-electron chi connectivity index (χ3n) is 4.88. The molecule has 1 aliphatic rings. The van der Waals surface area contributed by atoms with Gasteiger partial charge in [0, 0.05) is 18.2 Å². The van der Waals surface area contributed by atoms with Gasteiger partial charge in [-0.1, -0.05) is 6.07 Å². The van der Waals surface area contributed by atoms with Crippen LogP contribution in [-0.4, -0.2) is 33.8 Å². The zero-order valence-electron chi connectivity index (χ0n) is 16.3. The fourth-order valence-corrected chi connectivity index (χ4v) is 3.46. The molecule has 2 N–H and O–H groups in total. The Labute approximate surface area is 185 Å². The topological polar surface area (TPSA) is 102 Å². The molecule has 3 aromatic rings. The molecule has 0 radical (unpaired) electrons. The van der Waals surface area contributed by atoms with Gasteiger partial charge in [-0.05, 0) is 56.1 Å². The fraction of sp³-hybridized carbons (Fsp3) is 0.300. The van der Waals surface area contributed by atoms with E-state index >= 15 is 0 Å². The van der Waals surface area contributed by atoms with Gasteiger partial charge in [0.2, 0.25) is 0 Å². The van der Waals surface area contributed by atoms with Gasteiger partial charge in [-0.25, -0.2) is 14.5 Å². The third-order valence-corrected chi connectivity index (χ3v) is 4.88. The first kappa shape index (κ1) is 23.6. The lowest BCUT2D eigenvalue weighted by atomic mass is 9.95. The van der Waals surface area contributed by atoms with Gasteiger partial charge in [-0.15, -0.1) is 24.8 Å². The number of amides is 1. The van der Waals surface area contributed by atoms with Crippen molar-refractivity contribution < 1.29 is 9.21 Å². The van der Waals surface area contributed by atoms with E-state index in [1.807, 2.05) is 6.07 Å². The zero-order valence-corrected chi connectivity index (χ0v) is 18.0. The van der Waals surface area contributed by atoms with E-state index < -0.39 is 11.5 Å². The van der Waals surface area contributed by atoms with Crippen molar-refractivity contribution in [2.45, 2.75) is 25.7 Å². The van der Waals surface area contributed by atoms with E-state index in [9.17, 15) is 9.59 Å². The molecular formula is C20H23Cl2N5O3. The summed E-state index contributed by atoms with van der Waals surface area (Å²) >= 11 is 0. The number of nitrogens with zero attached hydrogens (tertiary/aromatic N) is 3. The predicted octanol–water partition coefficient (Wildman–Crippen LogP) is 3.09. The van der Waals surface area contributed by atoms with E-state index in [1.54, 1.807) is 42.2 Å². The number of carbonyl (C=O) groups excluding carboxylic acids is 1. The maximum atomic E-state index is 12.7.